The van der Waals surface area contributed by atoms with Crippen LogP contribution in [-0.2, 0) is 0 Å². The first-order valence-corrected chi connectivity index (χ1v) is 5.72. The Morgan fingerprint density at radius 2 is 2.18 bits per heavy atom. The highest BCUT2D eigenvalue weighted by molar-refractivity contribution is 6.30. The Kier molecular flexibility index (Phi) is 2.53. The van der Waals surface area contributed by atoms with Gasteiger partial charge in [-0.1, -0.05) is 23.8 Å². The minimum Gasteiger partial charge on any atom is -0.321 e. The van der Waals surface area contributed by atoms with Gasteiger partial charge >= 0.3 is 0 Å². The summed E-state index contributed by atoms with van der Waals surface area (Å²) in [6.07, 6.45) is 9.30. The van der Waals surface area contributed by atoms with E-state index in [0.717, 1.165) is 28.6 Å². The van der Waals surface area contributed by atoms with Gasteiger partial charge in [0.25, 0.3) is 0 Å². The summed E-state index contributed by atoms with van der Waals surface area (Å²) in [5.74, 6) is 0.848. The van der Waals surface area contributed by atoms with Crippen molar-refractivity contribution in [2.45, 2.75) is 0 Å². The fourth-order valence-electron chi connectivity index (χ4n) is 1.94. The quantitative estimate of drug-likeness (QED) is 0.770. The van der Waals surface area contributed by atoms with Crippen molar-refractivity contribution >= 4 is 29.2 Å². The highest BCUT2D eigenvalue weighted by Crippen LogP contribution is 2.32. The maximum atomic E-state index is 5.99. The predicted octanol–water partition coefficient (Wildman–Crippen LogP) is 3.29. The zero-order valence-electron chi connectivity index (χ0n) is 9.05. The smallest absolute Gasteiger partial charge is 0.151 e. The molecular formula is C13H10ClN3. The van der Waals surface area contributed by atoms with Gasteiger partial charge in [0.2, 0.25) is 0 Å². The van der Waals surface area contributed by atoms with Crippen LogP contribution in [0, 0.1) is 0 Å². The Labute approximate surface area is 104 Å². The third-order valence-electron chi connectivity index (χ3n) is 2.69. The molecule has 1 aliphatic rings. The predicted molar refractivity (Wildman–Crippen MR) is 69.5 cm³/mol. The third kappa shape index (κ3) is 1.89. The van der Waals surface area contributed by atoms with E-state index in [4.69, 9.17) is 11.6 Å². The van der Waals surface area contributed by atoms with Crippen LogP contribution in [0.25, 0.3) is 6.08 Å². The van der Waals surface area contributed by atoms with E-state index in [0.29, 0.717) is 0 Å². The van der Waals surface area contributed by atoms with E-state index in [1.54, 1.807) is 18.6 Å². The molecule has 2 aromatic rings. The van der Waals surface area contributed by atoms with Gasteiger partial charge in [-0.25, -0.2) is 4.98 Å². The molecule has 0 saturated carbocycles. The summed E-state index contributed by atoms with van der Waals surface area (Å²) in [5, 5.41) is 0.745. The van der Waals surface area contributed by atoms with Crippen LogP contribution in [0.5, 0.6) is 0 Å². The second-order valence-corrected chi connectivity index (χ2v) is 4.22. The first kappa shape index (κ1) is 10.3. The molecule has 84 valence electrons. The van der Waals surface area contributed by atoms with Gasteiger partial charge in [-0.2, -0.15) is 0 Å². The van der Waals surface area contributed by atoms with Gasteiger partial charge < -0.3 is 4.90 Å². The first-order chi connectivity index (χ1) is 8.34. The fraction of sp³-hybridized carbons (Fsp3) is 0.0769. The molecule has 1 aromatic carbocycles. The van der Waals surface area contributed by atoms with Gasteiger partial charge in [-0.05, 0) is 23.8 Å². The molecule has 0 unspecified atom stereocenters. The van der Waals surface area contributed by atoms with Gasteiger partial charge in [-0.15, -0.1) is 0 Å². The van der Waals surface area contributed by atoms with Crippen molar-refractivity contribution in [2.75, 3.05) is 11.4 Å². The number of hydrogen-bond acceptors (Lipinski definition) is 3. The molecule has 1 aliphatic heterocycles. The summed E-state index contributed by atoms with van der Waals surface area (Å²) in [4.78, 5) is 10.5. The molecule has 0 bridgehead atoms. The van der Waals surface area contributed by atoms with Crippen molar-refractivity contribution in [3.63, 3.8) is 0 Å². The van der Waals surface area contributed by atoms with Crippen molar-refractivity contribution in [2.24, 2.45) is 0 Å². The molecule has 0 atom stereocenters. The van der Waals surface area contributed by atoms with Crippen LogP contribution in [0.1, 0.15) is 5.56 Å². The van der Waals surface area contributed by atoms with Gasteiger partial charge in [0, 0.05) is 24.0 Å². The average molecular weight is 244 g/mol. The molecular weight excluding hydrogens is 234 g/mol. The average Bonchev–Trinajstić information content (AvgIpc) is 2.39. The van der Waals surface area contributed by atoms with Crippen LogP contribution in [-0.4, -0.2) is 16.5 Å². The summed E-state index contributed by atoms with van der Waals surface area (Å²) in [5.41, 5.74) is 2.21. The Morgan fingerprint density at radius 3 is 3.00 bits per heavy atom. The lowest BCUT2D eigenvalue weighted by atomic mass is 10.1. The third-order valence-corrected chi connectivity index (χ3v) is 2.93. The Hall–Kier alpha value is -1.87. The minimum atomic E-state index is 0.745. The summed E-state index contributed by atoms with van der Waals surface area (Å²) in [6.45, 7) is 0.799. The second kappa shape index (κ2) is 4.18. The number of aromatic nitrogens is 2. The van der Waals surface area contributed by atoms with Crippen molar-refractivity contribution in [1.29, 1.82) is 0 Å². The Balaban J connectivity index is 2.09. The van der Waals surface area contributed by atoms with E-state index in [-0.39, 0.29) is 0 Å². The number of halogens is 1. The van der Waals surface area contributed by atoms with Crippen molar-refractivity contribution in [3.05, 3.63) is 53.5 Å². The maximum absolute atomic E-state index is 5.99. The molecule has 3 rings (SSSR count). The van der Waals surface area contributed by atoms with Crippen molar-refractivity contribution in [3.8, 4) is 0 Å². The first-order valence-electron chi connectivity index (χ1n) is 5.34. The molecule has 1 aromatic heterocycles. The van der Waals surface area contributed by atoms with E-state index in [9.17, 15) is 0 Å². The lowest BCUT2D eigenvalue weighted by molar-refractivity contribution is 1.02. The summed E-state index contributed by atoms with van der Waals surface area (Å²) in [7, 11) is 0. The summed E-state index contributed by atoms with van der Waals surface area (Å²) < 4.78 is 0. The van der Waals surface area contributed by atoms with Crippen LogP contribution < -0.4 is 4.90 Å². The van der Waals surface area contributed by atoms with E-state index < -0.39 is 0 Å². The molecule has 4 heteroatoms. The maximum Gasteiger partial charge on any atom is 0.151 e. The minimum absolute atomic E-state index is 0.745. The Bertz CT molecular complexity index is 566. The van der Waals surface area contributed by atoms with Crippen LogP contribution in [0.2, 0.25) is 5.02 Å². The lowest BCUT2D eigenvalue weighted by Crippen LogP contribution is -2.21. The SMILES string of the molecule is Clc1ccc2c(c1)C=CCN2c1cnccn1. The molecule has 0 spiro atoms. The standard InChI is InChI=1S/C13H10ClN3/c14-11-3-4-12-10(8-11)2-1-7-17(12)13-9-15-5-6-16-13/h1-6,8-9H,7H2. The lowest BCUT2D eigenvalue weighted by Gasteiger charge is -2.26. The molecule has 0 N–H and O–H groups in total. The number of anilines is 2. The molecule has 0 saturated heterocycles. The van der Waals surface area contributed by atoms with Gasteiger partial charge in [-0.3, -0.25) is 4.98 Å². The van der Waals surface area contributed by atoms with Crippen LogP contribution in [0.3, 0.4) is 0 Å². The molecule has 0 fully saturated rings. The molecule has 2 heterocycles. The summed E-state index contributed by atoms with van der Waals surface area (Å²) in [6, 6.07) is 5.86. The molecule has 0 aliphatic carbocycles. The van der Waals surface area contributed by atoms with E-state index in [1.807, 2.05) is 18.2 Å². The van der Waals surface area contributed by atoms with Crippen LogP contribution in [0.15, 0.2) is 42.9 Å². The van der Waals surface area contributed by atoms with Gasteiger partial charge in [0.05, 0.1) is 11.9 Å². The second-order valence-electron chi connectivity index (χ2n) is 3.78. The largest absolute Gasteiger partial charge is 0.321 e. The Morgan fingerprint density at radius 1 is 1.24 bits per heavy atom. The zero-order valence-corrected chi connectivity index (χ0v) is 9.80. The van der Waals surface area contributed by atoms with E-state index in [2.05, 4.69) is 27.0 Å². The van der Waals surface area contributed by atoms with Gasteiger partial charge in [0.1, 0.15) is 0 Å². The van der Waals surface area contributed by atoms with Crippen LogP contribution >= 0.6 is 11.6 Å². The van der Waals surface area contributed by atoms with Gasteiger partial charge in [0.15, 0.2) is 5.82 Å². The van der Waals surface area contributed by atoms with Crippen LogP contribution in [0.4, 0.5) is 11.5 Å². The monoisotopic (exact) mass is 243 g/mol. The topological polar surface area (TPSA) is 29.0 Å². The van der Waals surface area contributed by atoms with E-state index >= 15 is 0 Å². The molecule has 3 nitrogen and oxygen atoms in total. The zero-order chi connectivity index (χ0) is 11.7. The number of rotatable bonds is 1. The number of hydrogen-bond donors (Lipinski definition) is 0. The molecule has 17 heavy (non-hydrogen) atoms. The molecule has 0 amide bonds. The highest BCUT2D eigenvalue weighted by atomic mass is 35.5. The number of fused-ring (bicyclic) bond motifs is 1. The molecule has 0 radical (unpaired) electrons. The summed E-state index contributed by atoms with van der Waals surface area (Å²) >= 11 is 5.99. The van der Waals surface area contributed by atoms with Crippen molar-refractivity contribution < 1.29 is 0 Å². The van der Waals surface area contributed by atoms with E-state index in [1.165, 1.54) is 0 Å². The number of nitrogens with zero attached hydrogens (tertiary/aromatic N) is 3. The number of benzene rings is 1. The highest BCUT2D eigenvalue weighted by Gasteiger charge is 2.15. The normalized spacial score (nSPS) is 13.6. The fourth-order valence-corrected chi connectivity index (χ4v) is 2.12. The van der Waals surface area contributed by atoms with Crippen molar-refractivity contribution in [1.82, 2.24) is 9.97 Å².